The summed E-state index contributed by atoms with van der Waals surface area (Å²) in [7, 11) is 0. The van der Waals surface area contributed by atoms with E-state index < -0.39 is 23.8 Å². The number of carboxylic acid groups (broad SMARTS) is 1. The van der Waals surface area contributed by atoms with Gasteiger partial charge in [0.25, 0.3) is 5.91 Å². The average Bonchev–Trinajstić information content (AvgIpc) is 3.22. The van der Waals surface area contributed by atoms with Gasteiger partial charge in [0.05, 0.1) is 29.9 Å². The van der Waals surface area contributed by atoms with E-state index in [1.54, 1.807) is 30.0 Å². The van der Waals surface area contributed by atoms with Crippen LogP contribution in [0.4, 0.5) is 14.9 Å². The van der Waals surface area contributed by atoms with Crippen molar-refractivity contribution in [1.29, 1.82) is 0 Å². The number of carbonyl (C=O) groups is 2. The highest BCUT2D eigenvalue weighted by atomic mass is 19.1. The van der Waals surface area contributed by atoms with Crippen LogP contribution in [-0.2, 0) is 6.54 Å². The minimum Gasteiger partial charge on any atom is -0.465 e. The molecule has 3 aromatic heterocycles. The first-order valence-electron chi connectivity index (χ1n) is 11.8. The predicted octanol–water partition coefficient (Wildman–Crippen LogP) is 3.58. The first-order chi connectivity index (χ1) is 16.9. The van der Waals surface area contributed by atoms with Gasteiger partial charge in [-0.1, -0.05) is 0 Å². The van der Waals surface area contributed by atoms with Crippen molar-refractivity contribution in [3.8, 4) is 5.82 Å². The summed E-state index contributed by atoms with van der Waals surface area (Å²) in [5.41, 5.74) is 0.589. The fourth-order valence-electron chi connectivity index (χ4n) is 3.59. The Hall–Kier alpha value is -3.73. The van der Waals surface area contributed by atoms with Crippen LogP contribution in [-0.4, -0.2) is 72.6 Å². The molecular weight excluding hydrogens is 467 g/mol. The fraction of sp³-hybridized carbons (Fsp3) is 0.440. The summed E-state index contributed by atoms with van der Waals surface area (Å²) in [6.07, 6.45) is 2.23. The summed E-state index contributed by atoms with van der Waals surface area (Å²) in [5, 5.41) is 25.6. The zero-order chi connectivity index (χ0) is 26.6. The molecule has 3 aromatic rings. The minimum atomic E-state index is -1.63. The number of amides is 2. The number of carbonyl (C=O) groups excluding carboxylic acids is 1. The standard InChI is InChI=1S/C25H33FN6O4/c1-6-31(24(34)35)14-16-9-17-7-8-32(22(17)28-11-16)21-10-19(30-15(2)3)18(12-27-21)23(33)29-13-20(26)25(4,5)36/h7-12,15,20,36H,6,13-14H2,1-5H3,(H,27,30)(H,29,33)(H,34,35)/t20-/m1/s1. The zero-order valence-corrected chi connectivity index (χ0v) is 21.1. The largest absolute Gasteiger partial charge is 0.465 e. The molecule has 194 valence electrons. The molecular formula is C25H33FN6O4. The van der Waals surface area contributed by atoms with Gasteiger partial charge >= 0.3 is 6.09 Å². The second-order valence-electron chi connectivity index (χ2n) is 9.46. The van der Waals surface area contributed by atoms with Crippen LogP contribution < -0.4 is 10.6 Å². The van der Waals surface area contributed by atoms with Gasteiger partial charge in [-0.2, -0.15) is 0 Å². The molecule has 0 spiro atoms. The second-order valence-corrected chi connectivity index (χ2v) is 9.46. The number of hydrogen-bond donors (Lipinski definition) is 4. The van der Waals surface area contributed by atoms with Gasteiger partial charge in [-0.05, 0) is 52.3 Å². The molecule has 2 amide bonds. The normalized spacial score (nSPS) is 12.6. The highest BCUT2D eigenvalue weighted by Crippen LogP contribution is 2.24. The molecule has 3 rings (SSSR count). The lowest BCUT2D eigenvalue weighted by molar-refractivity contribution is -0.00177. The molecule has 11 heteroatoms. The van der Waals surface area contributed by atoms with Crippen molar-refractivity contribution in [2.24, 2.45) is 0 Å². The van der Waals surface area contributed by atoms with E-state index >= 15 is 0 Å². The van der Waals surface area contributed by atoms with Crippen molar-refractivity contribution in [2.45, 2.75) is 59.0 Å². The Morgan fingerprint density at radius 1 is 1.22 bits per heavy atom. The SMILES string of the molecule is CCN(Cc1cnc2c(ccn2-c2cc(NC(C)C)c(C(=O)NC[C@@H](F)C(C)(C)O)cn2)c1)C(=O)O. The molecule has 0 aliphatic heterocycles. The van der Waals surface area contributed by atoms with E-state index in [2.05, 4.69) is 20.6 Å². The molecule has 0 saturated heterocycles. The van der Waals surface area contributed by atoms with E-state index in [0.29, 0.717) is 23.7 Å². The van der Waals surface area contributed by atoms with E-state index in [9.17, 15) is 24.2 Å². The minimum absolute atomic E-state index is 0.00920. The monoisotopic (exact) mass is 500 g/mol. The Kier molecular flexibility index (Phi) is 8.13. The van der Waals surface area contributed by atoms with E-state index in [4.69, 9.17) is 0 Å². The summed E-state index contributed by atoms with van der Waals surface area (Å²) in [4.78, 5) is 34.4. The molecule has 0 unspecified atom stereocenters. The van der Waals surface area contributed by atoms with Crippen molar-refractivity contribution < 1.29 is 24.2 Å². The number of anilines is 1. The number of hydrogen-bond acceptors (Lipinski definition) is 6. The third-order valence-corrected chi connectivity index (χ3v) is 5.64. The Morgan fingerprint density at radius 2 is 1.94 bits per heavy atom. The number of aliphatic hydroxyl groups is 1. The molecule has 0 saturated carbocycles. The first-order valence-corrected chi connectivity index (χ1v) is 11.8. The highest BCUT2D eigenvalue weighted by Gasteiger charge is 2.27. The molecule has 10 nitrogen and oxygen atoms in total. The molecule has 4 N–H and O–H groups in total. The smallest absolute Gasteiger partial charge is 0.407 e. The highest BCUT2D eigenvalue weighted by molar-refractivity contribution is 5.99. The number of aromatic nitrogens is 3. The van der Waals surface area contributed by atoms with Gasteiger partial charge in [0.2, 0.25) is 0 Å². The maximum Gasteiger partial charge on any atom is 0.407 e. The third kappa shape index (κ3) is 6.28. The van der Waals surface area contributed by atoms with Crippen molar-refractivity contribution in [2.75, 3.05) is 18.4 Å². The van der Waals surface area contributed by atoms with Gasteiger partial charge in [0.1, 0.15) is 17.6 Å². The number of pyridine rings is 2. The molecule has 0 fully saturated rings. The van der Waals surface area contributed by atoms with Crippen molar-refractivity contribution in [3.05, 3.63) is 47.9 Å². The number of fused-ring (bicyclic) bond motifs is 1. The van der Waals surface area contributed by atoms with Crippen LogP contribution in [0.3, 0.4) is 0 Å². The Labute approximate surface area is 209 Å². The van der Waals surface area contributed by atoms with Gasteiger partial charge in [0, 0.05) is 42.6 Å². The molecule has 0 radical (unpaired) electrons. The molecule has 3 heterocycles. The first kappa shape index (κ1) is 26.9. The summed E-state index contributed by atoms with van der Waals surface area (Å²) in [5.74, 6) is 0.00803. The molecule has 0 bridgehead atoms. The maximum atomic E-state index is 14.1. The van der Waals surface area contributed by atoms with E-state index in [0.717, 1.165) is 10.9 Å². The lowest BCUT2D eigenvalue weighted by atomic mass is 10.0. The topological polar surface area (TPSA) is 133 Å². The van der Waals surface area contributed by atoms with Gasteiger partial charge in [-0.3, -0.25) is 9.36 Å². The van der Waals surface area contributed by atoms with Crippen LogP contribution >= 0.6 is 0 Å². The number of nitrogens with one attached hydrogen (secondary N) is 2. The molecule has 0 aliphatic rings. The van der Waals surface area contributed by atoms with Gasteiger partial charge in [-0.25, -0.2) is 19.2 Å². The number of halogens is 1. The Morgan fingerprint density at radius 3 is 2.56 bits per heavy atom. The number of alkyl halides is 1. The lowest BCUT2D eigenvalue weighted by Crippen LogP contribution is -2.42. The quantitative estimate of drug-likeness (QED) is 0.334. The van der Waals surface area contributed by atoms with E-state index in [-0.39, 0.29) is 24.7 Å². The van der Waals surface area contributed by atoms with Crippen LogP contribution in [0.2, 0.25) is 0 Å². The molecule has 1 atom stereocenters. The summed E-state index contributed by atoms with van der Waals surface area (Å²) < 4.78 is 15.9. The van der Waals surface area contributed by atoms with Crippen LogP contribution in [0.25, 0.3) is 16.9 Å². The Bertz CT molecular complexity index is 1240. The third-order valence-electron chi connectivity index (χ3n) is 5.64. The second kappa shape index (κ2) is 10.9. The van der Waals surface area contributed by atoms with Crippen molar-refractivity contribution >= 4 is 28.7 Å². The summed E-state index contributed by atoms with van der Waals surface area (Å²) in [6.45, 7) is 8.59. The van der Waals surface area contributed by atoms with Crippen molar-refractivity contribution in [3.63, 3.8) is 0 Å². The summed E-state index contributed by atoms with van der Waals surface area (Å²) >= 11 is 0. The predicted molar refractivity (Wildman–Crippen MR) is 135 cm³/mol. The molecule has 0 aliphatic carbocycles. The van der Waals surface area contributed by atoms with Crippen molar-refractivity contribution in [1.82, 2.24) is 24.8 Å². The van der Waals surface area contributed by atoms with E-state index in [1.807, 2.05) is 26.0 Å². The van der Waals surface area contributed by atoms with Gasteiger partial charge < -0.3 is 25.7 Å². The molecule has 36 heavy (non-hydrogen) atoms. The Balaban J connectivity index is 1.90. The average molecular weight is 501 g/mol. The van der Waals surface area contributed by atoms with Gasteiger partial charge in [0.15, 0.2) is 0 Å². The van der Waals surface area contributed by atoms with Crippen LogP contribution in [0.1, 0.15) is 50.5 Å². The fourth-order valence-corrected chi connectivity index (χ4v) is 3.59. The zero-order valence-electron chi connectivity index (χ0n) is 21.1. The van der Waals surface area contributed by atoms with Crippen LogP contribution in [0.15, 0.2) is 36.8 Å². The lowest BCUT2D eigenvalue weighted by Gasteiger charge is -2.23. The van der Waals surface area contributed by atoms with Gasteiger partial charge in [-0.15, -0.1) is 0 Å². The molecule has 0 aromatic carbocycles. The number of rotatable bonds is 10. The summed E-state index contributed by atoms with van der Waals surface area (Å²) in [6, 6.07) is 5.47. The van der Waals surface area contributed by atoms with E-state index in [1.165, 1.54) is 24.9 Å². The number of nitrogens with zero attached hydrogens (tertiary/aromatic N) is 4. The maximum absolute atomic E-state index is 14.1. The van der Waals surface area contributed by atoms with Crippen LogP contribution in [0.5, 0.6) is 0 Å². The van der Waals surface area contributed by atoms with Crippen LogP contribution in [0, 0.1) is 0 Å².